The van der Waals surface area contributed by atoms with E-state index in [0.29, 0.717) is 0 Å². The van der Waals surface area contributed by atoms with Crippen molar-refractivity contribution in [2.45, 2.75) is 39.0 Å². The molecule has 0 bridgehead atoms. The molecule has 2 rings (SSSR count). The van der Waals surface area contributed by atoms with Gasteiger partial charge in [-0.2, -0.15) is 0 Å². The lowest BCUT2D eigenvalue weighted by atomic mass is 10.0. The molecule has 0 saturated carbocycles. The van der Waals surface area contributed by atoms with E-state index in [1.807, 2.05) is 11.8 Å². The van der Waals surface area contributed by atoms with Crippen molar-refractivity contribution in [1.82, 2.24) is 0 Å². The summed E-state index contributed by atoms with van der Waals surface area (Å²) in [7, 11) is 0. The predicted molar refractivity (Wildman–Crippen MR) is 101 cm³/mol. The fraction of sp³-hybridized carbons (Fsp3) is 0.333. The maximum Gasteiger partial charge on any atom is 0.00723 e. The zero-order valence-electron chi connectivity index (χ0n) is 14.1. The molecular weight excluding hydrogens is 284 g/mol. The van der Waals surface area contributed by atoms with Crippen LogP contribution < -0.4 is 0 Å². The van der Waals surface area contributed by atoms with Crippen LogP contribution in [0.25, 0.3) is 11.6 Å². The van der Waals surface area contributed by atoms with E-state index in [2.05, 4.69) is 82.3 Å². The van der Waals surface area contributed by atoms with Gasteiger partial charge in [0.15, 0.2) is 0 Å². The van der Waals surface area contributed by atoms with Crippen LogP contribution >= 0.6 is 11.8 Å². The van der Waals surface area contributed by atoms with E-state index in [9.17, 15) is 0 Å². The quantitative estimate of drug-likeness (QED) is 0.423. The molecule has 0 aromatic heterocycles. The standard InChI is InChI=1S/C21H26S/c1-16(2)13-14-22-21-11-9-20(10-12-21)18(4)15-19-7-5-17(3)6-8-19/h5-12,15-16H,13-14H2,1-4H3/b18-15+. The topological polar surface area (TPSA) is 0 Å². The summed E-state index contributed by atoms with van der Waals surface area (Å²) < 4.78 is 0. The number of rotatable bonds is 6. The van der Waals surface area contributed by atoms with Crippen LogP contribution in [0.1, 0.15) is 43.9 Å². The highest BCUT2D eigenvalue weighted by Crippen LogP contribution is 2.24. The summed E-state index contributed by atoms with van der Waals surface area (Å²) in [5, 5.41) is 0. The molecule has 0 spiro atoms. The van der Waals surface area contributed by atoms with Crippen molar-refractivity contribution >= 4 is 23.4 Å². The van der Waals surface area contributed by atoms with E-state index in [0.717, 1.165) is 5.92 Å². The first-order valence-corrected chi connectivity index (χ1v) is 9.01. The molecule has 0 heterocycles. The third kappa shape index (κ3) is 5.38. The highest BCUT2D eigenvalue weighted by Gasteiger charge is 2.00. The Labute approximate surface area is 139 Å². The summed E-state index contributed by atoms with van der Waals surface area (Å²) in [4.78, 5) is 1.37. The Morgan fingerprint density at radius 2 is 1.64 bits per heavy atom. The Bertz CT molecular complexity index is 603. The van der Waals surface area contributed by atoms with Gasteiger partial charge in [0, 0.05) is 4.90 Å². The fourth-order valence-corrected chi connectivity index (χ4v) is 3.38. The fourth-order valence-electron chi connectivity index (χ4n) is 2.22. The van der Waals surface area contributed by atoms with E-state index < -0.39 is 0 Å². The molecule has 0 aliphatic rings. The Morgan fingerprint density at radius 3 is 2.23 bits per heavy atom. The number of benzene rings is 2. The first-order chi connectivity index (χ1) is 10.5. The van der Waals surface area contributed by atoms with E-state index >= 15 is 0 Å². The summed E-state index contributed by atoms with van der Waals surface area (Å²) in [6.07, 6.45) is 3.53. The first kappa shape index (κ1) is 16.9. The molecule has 2 aromatic carbocycles. The minimum absolute atomic E-state index is 0.784. The van der Waals surface area contributed by atoms with Crippen molar-refractivity contribution < 1.29 is 0 Å². The SMILES string of the molecule is C/C(=C\c1ccc(C)cc1)c1ccc(SCCC(C)C)cc1. The first-order valence-electron chi connectivity index (χ1n) is 8.03. The van der Waals surface area contributed by atoms with E-state index in [1.165, 1.54) is 39.3 Å². The van der Waals surface area contributed by atoms with Gasteiger partial charge in [0.2, 0.25) is 0 Å². The molecule has 0 atom stereocenters. The molecule has 0 nitrogen and oxygen atoms in total. The highest BCUT2D eigenvalue weighted by atomic mass is 32.2. The summed E-state index contributed by atoms with van der Waals surface area (Å²) >= 11 is 1.96. The van der Waals surface area contributed by atoms with Gasteiger partial charge in [0.1, 0.15) is 0 Å². The molecule has 0 aliphatic heterocycles. The van der Waals surface area contributed by atoms with Crippen LogP contribution in [0.5, 0.6) is 0 Å². The van der Waals surface area contributed by atoms with Gasteiger partial charge in [0.25, 0.3) is 0 Å². The predicted octanol–water partition coefficient (Wildman–Crippen LogP) is 6.69. The molecule has 0 unspecified atom stereocenters. The van der Waals surface area contributed by atoms with E-state index in [4.69, 9.17) is 0 Å². The average molecular weight is 311 g/mol. The Kier molecular flexibility index (Phi) is 6.33. The highest BCUT2D eigenvalue weighted by molar-refractivity contribution is 7.99. The molecule has 0 radical (unpaired) electrons. The largest absolute Gasteiger partial charge is 0.126 e. The van der Waals surface area contributed by atoms with Gasteiger partial charge >= 0.3 is 0 Å². The minimum Gasteiger partial charge on any atom is -0.126 e. The summed E-state index contributed by atoms with van der Waals surface area (Å²) in [5.41, 5.74) is 5.17. The van der Waals surface area contributed by atoms with Crippen molar-refractivity contribution in [3.8, 4) is 0 Å². The Morgan fingerprint density at radius 1 is 1.00 bits per heavy atom. The maximum absolute atomic E-state index is 2.28. The Balaban J connectivity index is 2.01. The third-order valence-electron chi connectivity index (χ3n) is 3.73. The summed E-state index contributed by atoms with van der Waals surface area (Å²) in [6, 6.07) is 17.6. The smallest absolute Gasteiger partial charge is 0.00723 e. The molecule has 0 fully saturated rings. The Hall–Kier alpha value is -1.47. The molecule has 116 valence electrons. The van der Waals surface area contributed by atoms with Gasteiger partial charge in [-0.25, -0.2) is 0 Å². The average Bonchev–Trinajstić information content (AvgIpc) is 2.50. The molecule has 0 saturated heterocycles. The van der Waals surface area contributed by atoms with Crippen molar-refractivity contribution in [2.24, 2.45) is 5.92 Å². The van der Waals surface area contributed by atoms with Crippen molar-refractivity contribution in [3.05, 3.63) is 65.2 Å². The van der Waals surface area contributed by atoms with Crippen LogP contribution in [-0.2, 0) is 0 Å². The second kappa shape index (κ2) is 8.24. The van der Waals surface area contributed by atoms with Crippen LogP contribution in [0.15, 0.2) is 53.4 Å². The van der Waals surface area contributed by atoms with E-state index in [1.54, 1.807) is 0 Å². The molecule has 0 amide bonds. The number of hydrogen-bond acceptors (Lipinski definition) is 1. The van der Waals surface area contributed by atoms with Crippen LogP contribution in [-0.4, -0.2) is 5.75 Å². The molecule has 22 heavy (non-hydrogen) atoms. The number of hydrogen-bond donors (Lipinski definition) is 0. The van der Waals surface area contributed by atoms with Crippen molar-refractivity contribution in [2.75, 3.05) is 5.75 Å². The van der Waals surface area contributed by atoms with Crippen LogP contribution in [0.2, 0.25) is 0 Å². The lowest BCUT2D eigenvalue weighted by Crippen LogP contribution is -1.89. The molecule has 2 aromatic rings. The molecular formula is C21H26S. The van der Waals surface area contributed by atoms with Gasteiger partial charge in [-0.1, -0.05) is 61.9 Å². The number of aryl methyl sites for hydroxylation is 1. The lowest BCUT2D eigenvalue weighted by Gasteiger charge is -2.06. The summed E-state index contributed by atoms with van der Waals surface area (Å²) in [5.74, 6) is 1.99. The van der Waals surface area contributed by atoms with Crippen LogP contribution in [0, 0.1) is 12.8 Å². The molecule has 0 aliphatic carbocycles. The van der Waals surface area contributed by atoms with Gasteiger partial charge in [-0.05, 0) is 60.8 Å². The second-order valence-electron chi connectivity index (χ2n) is 6.29. The normalized spacial score (nSPS) is 12.0. The monoisotopic (exact) mass is 310 g/mol. The summed E-state index contributed by atoms with van der Waals surface area (Å²) in [6.45, 7) is 8.86. The number of allylic oxidation sites excluding steroid dienone is 1. The minimum atomic E-state index is 0.784. The maximum atomic E-state index is 2.28. The van der Waals surface area contributed by atoms with Crippen LogP contribution in [0.3, 0.4) is 0 Å². The van der Waals surface area contributed by atoms with Crippen LogP contribution in [0.4, 0.5) is 0 Å². The van der Waals surface area contributed by atoms with Crippen molar-refractivity contribution in [1.29, 1.82) is 0 Å². The van der Waals surface area contributed by atoms with Gasteiger partial charge in [0.05, 0.1) is 0 Å². The van der Waals surface area contributed by atoms with Gasteiger partial charge in [-0.3, -0.25) is 0 Å². The van der Waals surface area contributed by atoms with Crippen molar-refractivity contribution in [3.63, 3.8) is 0 Å². The van der Waals surface area contributed by atoms with Gasteiger partial charge in [-0.15, -0.1) is 11.8 Å². The zero-order valence-corrected chi connectivity index (χ0v) is 14.9. The lowest BCUT2D eigenvalue weighted by molar-refractivity contribution is 0.632. The second-order valence-corrected chi connectivity index (χ2v) is 7.46. The third-order valence-corrected chi connectivity index (χ3v) is 4.78. The zero-order chi connectivity index (χ0) is 15.9. The number of thioether (sulfide) groups is 1. The molecule has 1 heteroatoms. The molecule has 0 N–H and O–H groups in total. The van der Waals surface area contributed by atoms with Gasteiger partial charge < -0.3 is 0 Å². The van der Waals surface area contributed by atoms with E-state index in [-0.39, 0.29) is 0 Å².